The number of rotatable bonds is 0. The minimum atomic E-state index is 0.224. The fourth-order valence-corrected chi connectivity index (χ4v) is 4.39. The highest BCUT2D eigenvalue weighted by atomic mass is 28.1. The van der Waals surface area contributed by atoms with E-state index in [4.69, 9.17) is 0 Å². The summed E-state index contributed by atoms with van der Waals surface area (Å²) in [6.07, 6.45) is 0. The van der Waals surface area contributed by atoms with Crippen molar-refractivity contribution in [3.8, 4) is 11.1 Å². The normalized spacial score (nSPS) is 15.0. The molecule has 2 aromatic carbocycles. The van der Waals surface area contributed by atoms with E-state index >= 15 is 0 Å². The smallest absolute Gasteiger partial charge is 0.0179 e. The molecule has 1 aliphatic rings. The number of benzene rings is 2. The molecule has 0 heterocycles. The first-order chi connectivity index (χ1) is 10.1. The third-order valence-electron chi connectivity index (χ3n) is 5.06. The molecule has 116 valence electrons. The lowest BCUT2D eigenvalue weighted by atomic mass is 9.85. The maximum absolute atomic E-state index is 2.46. The van der Waals surface area contributed by atoms with Gasteiger partial charge in [0.15, 0.2) is 0 Å². The van der Waals surface area contributed by atoms with Crippen molar-refractivity contribution in [1.29, 1.82) is 0 Å². The van der Waals surface area contributed by atoms with Gasteiger partial charge in [-0.05, 0) is 49.8 Å². The van der Waals surface area contributed by atoms with Crippen molar-refractivity contribution in [2.45, 2.75) is 57.9 Å². The number of hydrogen-bond acceptors (Lipinski definition) is 0. The quantitative estimate of drug-likeness (QED) is 0.618. The van der Waals surface area contributed by atoms with E-state index in [1.807, 2.05) is 0 Å². The van der Waals surface area contributed by atoms with Crippen LogP contribution in [0.5, 0.6) is 0 Å². The third-order valence-corrected chi connectivity index (χ3v) is 6.30. The second kappa shape index (κ2) is 4.83. The van der Waals surface area contributed by atoms with Crippen molar-refractivity contribution in [3.63, 3.8) is 0 Å². The van der Waals surface area contributed by atoms with Crippen LogP contribution in [0.2, 0.25) is 0 Å². The van der Waals surface area contributed by atoms with Crippen LogP contribution in [0.25, 0.3) is 11.1 Å². The Labute approximate surface area is 138 Å². The van der Waals surface area contributed by atoms with Gasteiger partial charge in [-0.15, -0.1) is 0 Å². The fraction of sp³-hybridized carbons (Fsp3) is 0.429. The summed E-state index contributed by atoms with van der Waals surface area (Å²) in [7, 11) is 1.18. The molecule has 0 amide bonds. The first-order valence-electron chi connectivity index (χ1n) is 8.38. The van der Waals surface area contributed by atoms with E-state index in [-0.39, 0.29) is 10.8 Å². The van der Waals surface area contributed by atoms with Crippen molar-refractivity contribution in [2.75, 3.05) is 0 Å². The monoisotopic (exact) mass is 308 g/mol. The zero-order valence-electron chi connectivity index (χ0n) is 15.0. The first kappa shape index (κ1) is 15.5. The summed E-state index contributed by atoms with van der Waals surface area (Å²) in [6, 6.07) is 14.3. The standard InChI is InChI=1S/C21H28Si/c1-20(2,3)13-7-9-15-16-10-8-14(21(4,5)6)12-18(16)19(22)17(15)11-13/h7-12,19H,1-6,22H3. The Kier molecular flexibility index (Phi) is 3.41. The van der Waals surface area contributed by atoms with Gasteiger partial charge in [-0.25, -0.2) is 0 Å². The molecule has 0 atom stereocenters. The largest absolute Gasteiger partial charge is 0.0579 e. The van der Waals surface area contributed by atoms with E-state index in [0.29, 0.717) is 5.54 Å². The highest BCUT2D eigenvalue weighted by molar-refractivity contribution is 6.17. The molecule has 0 saturated heterocycles. The third kappa shape index (κ3) is 2.46. The minimum absolute atomic E-state index is 0.224. The van der Waals surface area contributed by atoms with Gasteiger partial charge >= 0.3 is 0 Å². The van der Waals surface area contributed by atoms with Crippen LogP contribution < -0.4 is 0 Å². The SMILES string of the molecule is CC(C)(C)c1ccc2c(c1)C([SiH3])c1cc(C(C)(C)C)ccc1-2. The van der Waals surface area contributed by atoms with Gasteiger partial charge in [0.05, 0.1) is 0 Å². The molecule has 0 aliphatic heterocycles. The molecule has 0 N–H and O–H groups in total. The number of hydrogen-bond donors (Lipinski definition) is 0. The lowest BCUT2D eigenvalue weighted by Crippen LogP contribution is -2.12. The molecular formula is C21H28Si. The van der Waals surface area contributed by atoms with Gasteiger partial charge in [-0.3, -0.25) is 0 Å². The summed E-state index contributed by atoms with van der Waals surface area (Å²) in [5.74, 6) is 0. The summed E-state index contributed by atoms with van der Waals surface area (Å²) in [5.41, 5.74) is 10.0. The predicted molar refractivity (Wildman–Crippen MR) is 101 cm³/mol. The highest BCUT2D eigenvalue weighted by Gasteiger charge is 2.28. The van der Waals surface area contributed by atoms with Gasteiger partial charge < -0.3 is 0 Å². The topological polar surface area (TPSA) is 0 Å². The second-order valence-electron chi connectivity index (χ2n) is 8.83. The Morgan fingerprint density at radius 2 is 1.05 bits per heavy atom. The molecule has 0 nitrogen and oxygen atoms in total. The van der Waals surface area contributed by atoms with Gasteiger partial charge in [0.25, 0.3) is 0 Å². The van der Waals surface area contributed by atoms with E-state index in [1.165, 1.54) is 32.5 Å². The molecule has 3 rings (SSSR count). The van der Waals surface area contributed by atoms with Crippen LogP contribution in [0.15, 0.2) is 36.4 Å². The molecule has 0 saturated carbocycles. The van der Waals surface area contributed by atoms with Crippen LogP contribution in [-0.2, 0) is 10.8 Å². The van der Waals surface area contributed by atoms with Crippen molar-refractivity contribution >= 4 is 10.2 Å². The van der Waals surface area contributed by atoms with Crippen LogP contribution in [0.3, 0.4) is 0 Å². The Morgan fingerprint density at radius 1 is 0.682 bits per heavy atom. The Balaban J connectivity index is 2.13. The Morgan fingerprint density at radius 3 is 1.36 bits per heavy atom. The highest BCUT2D eigenvalue weighted by Crippen LogP contribution is 2.45. The average molecular weight is 309 g/mol. The van der Waals surface area contributed by atoms with Gasteiger partial charge in [0, 0.05) is 10.2 Å². The molecular weight excluding hydrogens is 280 g/mol. The molecule has 0 radical (unpaired) electrons. The summed E-state index contributed by atoms with van der Waals surface area (Å²) in [4.78, 5) is 0. The van der Waals surface area contributed by atoms with Crippen LogP contribution >= 0.6 is 0 Å². The van der Waals surface area contributed by atoms with E-state index in [9.17, 15) is 0 Å². The van der Waals surface area contributed by atoms with Crippen LogP contribution in [-0.4, -0.2) is 10.2 Å². The molecule has 1 aliphatic carbocycles. The predicted octanol–water partition coefficient (Wildman–Crippen LogP) is 4.72. The van der Waals surface area contributed by atoms with Gasteiger partial charge in [0.1, 0.15) is 0 Å². The van der Waals surface area contributed by atoms with Crippen LogP contribution in [0.1, 0.15) is 69.3 Å². The van der Waals surface area contributed by atoms with Gasteiger partial charge in [0.2, 0.25) is 0 Å². The fourth-order valence-electron chi connectivity index (χ4n) is 3.43. The van der Waals surface area contributed by atoms with Crippen molar-refractivity contribution < 1.29 is 0 Å². The minimum Gasteiger partial charge on any atom is -0.0579 e. The van der Waals surface area contributed by atoms with Crippen LogP contribution in [0.4, 0.5) is 0 Å². The maximum atomic E-state index is 2.46. The molecule has 2 aromatic rings. The van der Waals surface area contributed by atoms with Gasteiger partial charge in [-0.1, -0.05) is 77.9 Å². The molecule has 22 heavy (non-hydrogen) atoms. The average Bonchev–Trinajstić information content (AvgIpc) is 2.70. The van der Waals surface area contributed by atoms with Crippen LogP contribution in [0, 0.1) is 0 Å². The molecule has 0 bridgehead atoms. The molecule has 0 fully saturated rings. The Bertz CT molecular complexity index is 663. The second-order valence-corrected chi connectivity index (χ2v) is 9.98. The maximum Gasteiger partial charge on any atom is 0.0179 e. The van der Waals surface area contributed by atoms with Crippen molar-refractivity contribution in [1.82, 2.24) is 0 Å². The molecule has 0 spiro atoms. The number of fused-ring (bicyclic) bond motifs is 3. The van der Waals surface area contributed by atoms with Crippen molar-refractivity contribution in [3.05, 3.63) is 58.7 Å². The summed E-state index contributed by atoms with van der Waals surface area (Å²) in [6.45, 7) is 13.8. The lowest BCUT2D eigenvalue weighted by molar-refractivity contribution is 0.589. The summed E-state index contributed by atoms with van der Waals surface area (Å²) in [5, 5.41) is 0. The zero-order valence-corrected chi connectivity index (χ0v) is 17.0. The lowest BCUT2D eigenvalue weighted by Gasteiger charge is -2.21. The summed E-state index contributed by atoms with van der Waals surface area (Å²) >= 11 is 0. The molecule has 1 heteroatoms. The zero-order chi connectivity index (χ0) is 16.3. The summed E-state index contributed by atoms with van der Waals surface area (Å²) < 4.78 is 0. The van der Waals surface area contributed by atoms with E-state index in [1.54, 1.807) is 11.1 Å². The van der Waals surface area contributed by atoms with E-state index < -0.39 is 0 Å². The van der Waals surface area contributed by atoms with E-state index in [0.717, 1.165) is 0 Å². The van der Waals surface area contributed by atoms with E-state index in [2.05, 4.69) is 77.9 Å². The van der Waals surface area contributed by atoms with Gasteiger partial charge in [-0.2, -0.15) is 0 Å². The first-order valence-corrected chi connectivity index (χ1v) is 9.54. The molecule has 0 unspecified atom stereocenters. The molecule has 0 aromatic heterocycles. The van der Waals surface area contributed by atoms with Crippen molar-refractivity contribution in [2.24, 2.45) is 0 Å². The Hall–Kier alpha value is -1.34.